The molecule has 0 atom stereocenters. The summed E-state index contributed by atoms with van der Waals surface area (Å²) in [7, 11) is 0. The van der Waals surface area contributed by atoms with E-state index in [-0.39, 0.29) is 13.1 Å². The van der Waals surface area contributed by atoms with Gasteiger partial charge in [-0.05, 0) is 0 Å². The lowest BCUT2D eigenvalue weighted by Gasteiger charge is -2.31. The van der Waals surface area contributed by atoms with Crippen LogP contribution in [0.5, 0.6) is 0 Å². The molecule has 1 fully saturated rings. The maximum atomic E-state index is 12.2. The molecule has 0 unspecified atom stereocenters. The van der Waals surface area contributed by atoms with Crippen LogP contribution in [0.2, 0.25) is 0 Å². The molecule has 1 aliphatic heterocycles. The second kappa shape index (κ2) is 4.54. The van der Waals surface area contributed by atoms with Crippen LogP contribution in [0.4, 0.5) is 22.0 Å². The number of carboxylic acid groups (broad SMARTS) is 1. The number of rotatable bonds is 1. The summed E-state index contributed by atoms with van der Waals surface area (Å²) in [6.45, 7) is -0.479. The molecule has 14 heavy (non-hydrogen) atoms. The smallest absolute Gasteiger partial charge is 0.475 e. The summed E-state index contributed by atoms with van der Waals surface area (Å²) in [5.41, 5.74) is -1.51. The quantitative estimate of drug-likeness (QED) is 0.647. The van der Waals surface area contributed by atoms with E-state index in [0.29, 0.717) is 0 Å². The van der Waals surface area contributed by atoms with Gasteiger partial charge in [-0.1, -0.05) is 0 Å². The van der Waals surface area contributed by atoms with Crippen LogP contribution in [0.25, 0.3) is 0 Å². The van der Waals surface area contributed by atoms with Crippen molar-refractivity contribution < 1.29 is 31.9 Å². The molecule has 0 aromatic carbocycles. The Morgan fingerprint density at radius 1 is 1.43 bits per heavy atom. The highest BCUT2D eigenvalue weighted by Gasteiger charge is 2.38. The van der Waals surface area contributed by atoms with Crippen LogP contribution >= 0.6 is 0 Å². The monoisotopic (exact) mass is 221 g/mol. The third-order valence-corrected chi connectivity index (χ3v) is 1.37. The molecule has 1 aliphatic rings. The summed E-state index contributed by atoms with van der Waals surface area (Å²) in [5.74, 6) is -2.76. The highest BCUT2D eigenvalue weighted by Crippen LogP contribution is 2.15. The Bertz CT molecular complexity index is 195. The van der Waals surface area contributed by atoms with E-state index in [4.69, 9.17) is 9.90 Å². The van der Waals surface area contributed by atoms with E-state index in [1.165, 1.54) is 0 Å². The SMILES string of the molecule is FCC1(F)CNC1.O=C(O)C(F)(F)F. The first kappa shape index (κ1) is 13.1. The van der Waals surface area contributed by atoms with Gasteiger partial charge in [-0.3, -0.25) is 0 Å². The zero-order chi connectivity index (χ0) is 11.4. The molecule has 0 aromatic rings. The van der Waals surface area contributed by atoms with Gasteiger partial charge in [0.05, 0.1) is 0 Å². The molecule has 0 saturated carbocycles. The number of alkyl halides is 5. The van der Waals surface area contributed by atoms with E-state index in [0.717, 1.165) is 0 Å². The van der Waals surface area contributed by atoms with E-state index in [9.17, 15) is 22.0 Å². The Hall–Kier alpha value is -0.920. The van der Waals surface area contributed by atoms with Crippen LogP contribution in [0.15, 0.2) is 0 Å². The number of nitrogens with one attached hydrogen (secondary N) is 1. The van der Waals surface area contributed by atoms with Crippen molar-refractivity contribution in [2.75, 3.05) is 19.8 Å². The summed E-state index contributed by atoms with van der Waals surface area (Å²) < 4.78 is 55.3. The van der Waals surface area contributed by atoms with Crippen LogP contribution in [-0.2, 0) is 4.79 Å². The molecule has 1 saturated heterocycles. The van der Waals surface area contributed by atoms with Gasteiger partial charge >= 0.3 is 12.1 Å². The molecular formula is C6H8F5NO2. The van der Waals surface area contributed by atoms with Crippen LogP contribution in [0.3, 0.4) is 0 Å². The van der Waals surface area contributed by atoms with E-state index in [2.05, 4.69) is 5.32 Å². The zero-order valence-corrected chi connectivity index (χ0v) is 6.87. The van der Waals surface area contributed by atoms with Crippen molar-refractivity contribution in [1.82, 2.24) is 5.32 Å². The van der Waals surface area contributed by atoms with Gasteiger partial charge in [0.25, 0.3) is 0 Å². The van der Waals surface area contributed by atoms with E-state index in [1.54, 1.807) is 0 Å². The second-order valence-corrected chi connectivity index (χ2v) is 2.69. The molecule has 84 valence electrons. The molecule has 2 N–H and O–H groups in total. The topological polar surface area (TPSA) is 49.3 Å². The van der Waals surface area contributed by atoms with Gasteiger partial charge < -0.3 is 10.4 Å². The molecule has 1 rings (SSSR count). The molecule has 1 heterocycles. The first-order valence-corrected chi connectivity index (χ1v) is 3.47. The number of aliphatic carboxylic acids is 1. The normalized spacial score (nSPS) is 18.9. The van der Waals surface area contributed by atoms with Crippen LogP contribution < -0.4 is 5.32 Å². The average Bonchev–Trinajstić information content (AvgIpc) is 1.99. The average molecular weight is 221 g/mol. The summed E-state index contributed by atoms with van der Waals surface area (Å²) in [4.78, 5) is 8.90. The van der Waals surface area contributed by atoms with Gasteiger partial charge in [-0.2, -0.15) is 13.2 Å². The van der Waals surface area contributed by atoms with Crippen molar-refractivity contribution in [3.8, 4) is 0 Å². The summed E-state index contributed by atoms with van der Waals surface area (Å²) >= 11 is 0. The van der Waals surface area contributed by atoms with Crippen molar-refractivity contribution in [2.45, 2.75) is 11.8 Å². The first-order valence-electron chi connectivity index (χ1n) is 3.47. The summed E-state index contributed by atoms with van der Waals surface area (Å²) in [6.07, 6.45) is -5.08. The minimum atomic E-state index is -5.08. The standard InChI is InChI=1S/C4H7F2N.C2HF3O2/c5-1-4(6)2-7-3-4;3-2(4,5)1(6)7/h7H,1-3H2;(H,6,7). The predicted octanol–water partition coefficient (Wildman–Crippen LogP) is 0.901. The van der Waals surface area contributed by atoms with Gasteiger partial charge in [0, 0.05) is 13.1 Å². The molecule has 0 radical (unpaired) electrons. The minimum Gasteiger partial charge on any atom is -0.475 e. The van der Waals surface area contributed by atoms with E-state index in [1.807, 2.05) is 0 Å². The highest BCUT2D eigenvalue weighted by molar-refractivity contribution is 5.73. The fourth-order valence-corrected chi connectivity index (χ4v) is 0.491. The van der Waals surface area contributed by atoms with Gasteiger partial charge in [0.1, 0.15) is 6.67 Å². The Morgan fingerprint density at radius 3 is 1.79 bits per heavy atom. The third-order valence-electron chi connectivity index (χ3n) is 1.37. The molecule has 0 aromatic heterocycles. The van der Waals surface area contributed by atoms with Crippen molar-refractivity contribution >= 4 is 5.97 Å². The van der Waals surface area contributed by atoms with Gasteiger partial charge in [0.15, 0.2) is 5.67 Å². The second-order valence-electron chi connectivity index (χ2n) is 2.69. The van der Waals surface area contributed by atoms with Crippen molar-refractivity contribution in [1.29, 1.82) is 0 Å². The lowest BCUT2D eigenvalue weighted by atomic mass is 10.0. The van der Waals surface area contributed by atoms with E-state index < -0.39 is 24.5 Å². The Morgan fingerprint density at radius 2 is 1.79 bits per heavy atom. The van der Waals surface area contributed by atoms with Crippen LogP contribution in [0.1, 0.15) is 0 Å². The zero-order valence-electron chi connectivity index (χ0n) is 6.87. The van der Waals surface area contributed by atoms with Gasteiger partial charge in [-0.15, -0.1) is 0 Å². The molecular weight excluding hydrogens is 213 g/mol. The fraction of sp³-hybridized carbons (Fsp3) is 0.833. The number of halogens is 5. The van der Waals surface area contributed by atoms with Crippen molar-refractivity contribution in [3.05, 3.63) is 0 Å². The lowest BCUT2D eigenvalue weighted by molar-refractivity contribution is -0.192. The molecule has 0 bridgehead atoms. The highest BCUT2D eigenvalue weighted by atomic mass is 19.4. The lowest BCUT2D eigenvalue weighted by Crippen LogP contribution is -2.57. The maximum Gasteiger partial charge on any atom is 0.490 e. The minimum absolute atomic E-state index is 0.184. The number of hydrogen-bond donors (Lipinski definition) is 2. The number of carbonyl (C=O) groups is 1. The fourth-order valence-electron chi connectivity index (χ4n) is 0.491. The van der Waals surface area contributed by atoms with Crippen LogP contribution in [-0.4, -0.2) is 42.7 Å². The van der Waals surface area contributed by atoms with Crippen LogP contribution in [0, 0.1) is 0 Å². The molecule has 3 nitrogen and oxygen atoms in total. The Balaban J connectivity index is 0.000000241. The Kier molecular flexibility index (Phi) is 4.24. The van der Waals surface area contributed by atoms with E-state index >= 15 is 0 Å². The maximum absolute atomic E-state index is 12.2. The molecule has 0 spiro atoms. The Labute approximate surface area is 75.9 Å². The van der Waals surface area contributed by atoms with Crippen molar-refractivity contribution in [3.63, 3.8) is 0 Å². The number of hydrogen-bond acceptors (Lipinski definition) is 2. The molecule has 8 heteroatoms. The van der Waals surface area contributed by atoms with Crippen molar-refractivity contribution in [2.24, 2.45) is 0 Å². The molecule has 0 aliphatic carbocycles. The molecule has 0 amide bonds. The largest absolute Gasteiger partial charge is 0.490 e. The first-order chi connectivity index (χ1) is 6.21. The predicted molar refractivity (Wildman–Crippen MR) is 36.4 cm³/mol. The summed E-state index contributed by atoms with van der Waals surface area (Å²) in [6, 6.07) is 0. The summed E-state index contributed by atoms with van der Waals surface area (Å²) in [5, 5.41) is 9.76. The van der Waals surface area contributed by atoms with Gasteiger partial charge in [-0.25, -0.2) is 13.6 Å². The third kappa shape index (κ3) is 4.35. The number of carboxylic acids is 1. The van der Waals surface area contributed by atoms with Gasteiger partial charge in [0.2, 0.25) is 0 Å².